The first-order valence-corrected chi connectivity index (χ1v) is 7.42. The molecule has 0 bridgehead atoms. The molecule has 1 aromatic heterocycles. The van der Waals surface area contributed by atoms with Gasteiger partial charge in [-0.15, -0.1) is 11.3 Å². The van der Waals surface area contributed by atoms with Crippen LogP contribution in [0.1, 0.15) is 11.8 Å². The largest absolute Gasteiger partial charge is 0.365 e. The number of amidine groups is 1. The van der Waals surface area contributed by atoms with Gasteiger partial charge in [0.1, 0.15) is 0 Å². The molecule has 1 aliphatic heterocycles. The second-order valence-corrected chi connectivity index (χ2v) is 7.43. The van der Waals surface area contributed by atoms with Crippen LogP contribution in [0.5, 0.6) is 0 Å². The van der Waals surface area contributed by atoms with Gasteiger partial charge in [-0.1, -0.05) is 18.7 Å². The van der Waals surface area contributed by atoms with Crippen molar-refractivity contribution in [1.82, 2.24) is 5.32 Å². The van der Waals surface area contributed by atoms with E-state index >= 15 is 0 Å². The molecule has 1 aliphatic rings. The van der Waals surface area contributed by atoms with E-state index in [-0.39, 0.29) is 0 Å². The van der Waals surface area contributed by atoms with Crippen LogP contribution in [0.25, 0.3) is 0 Å². The lowest BCUT2D eigenvalue weighted by Crippen LogP contribution is -2.21. The molecule has 0 spiro atoms. The van der Waals surface area contributed by atoms with Gasteiger partial charge in [0.15, 0.2) is 5.17 Å². The van der Waals surface area contributed by atoms with Crippen molar-refractivity contribution in [3.8, 4) is 0 Å². The molecule has 1 N–H and O–H groups in total. The maximum Gasteiger partial charge on any atom is 0.156 e. The van der Waals surface area contributed by atoms with Crippen molar-refractivity contribution >= 4 is 44.2 Å². The first kappa shape index (κ1) is 11.5. The van der Waals surface area contributed by atoms with Crippen LogP contribution in [-0.4, -0.2) is 23.5 Å². The highest BCUT2D eigenvalue weighted by molar-refractivity contribution is 9.11. The van der Waals surface area contributed by atoms with Crippen molar-refractivity contribution in [1.29, 1.82) is 0 Å². The van der Waals surface area contributed by atoms with Gasteiger partial charge in [-0.05, 0) is 34.5 Å². The molecule has 82 valence electrons. The van der Waals surface area contributed by atoms with Gasteiger partial charge in [0.05, 0.1) is 10.3 Å². The maximum absolute atomic E-state index is 4.42. The molecule has 0 amide bonds. The Morgan fingerprint density at radius 2 is 2.47 bits per heavy atom. The van der Waals surface area contributed by atoms with E-state index in [9.17, 15) is 0 Å². The Morgan fingerprint density at radius 3 is 3.07 bits per heavy atom. The topological polar surface area (TPSA) is 24.4 Å². The SMILES string of the molecule is CC1CN=C(NCCc2ccc(Br)s2)S1. The Labute approximate surface area is 107 Å². The molecule has 2 rings (SSSR count). The number of hydrogen-bond donors (Lipinski definition) is 1. The van der Waals surface area contributed by atoms with E-state index in [2.05, 4.69) is 45.3 Å². The van der Waals surface area contributed by atoms with Crippen molar-refractivity contribution in [3.05, 3.63) is 20.8 Å². The minimum Gasteiger partial charge on any atom is -0.365 e. The van der Waals surface area contributed by atoms with Crippen molar-refractivity contribution < 1.29 is 0 Å². The third kappa shape index (κ3) is 3.50. The highest BCUT2D eigenvalue weighted by Crippen LogP contribution is 2.22. The van der Waals surface area contributed by atoms with Gasteiger partial charge in [0, 0.05) is 16.7 Å². The van der Waals surface area contributed by atoms with Crippen molar-refractivity contribution in [2.45, 2.75) is 18.6 Å². The zero-order valence-corrected chi connectivity index (χ0v) is 11.7. The molecule has 5 heteroatoms. The Morgan fingerprint density at radius 1 is 1.60 bits per heavy atom. The zero-order chi connectivity index (χ0) is 10.7. The summed E-state index contributed by atoms with van der Waals surface area (Å²) < 4.78 is 1.21. The molecule has 2 nitrogen and oxygen atoms in total. The average molecular weight is 305 g/mol. The van der Waals surface area contributed by atoms with Crippen LogP contribution in [0.3, 0.4) is 0 Å². The van der Waals surface area contributed by atoms with Crippen LogP contribution in [0.15, 0.2) is 20.9 Å². The van der Waals surface area contributed by atoms with Crippen LogP contribution in [0, 0.1) is 0 Å². The number of nitrogens with one attached hydrogen (secondary N) is 1. The molecule has 0 saturated carbocycles. The van der Waals surface area contributed by atoms with E-state index in [1.165, 1.54) is 8.66 Å². The maximum atomic E-state index is 4.42. The van der Waals surface area contributed by atoms with Gasteiger partial charge >= 0.3 is 0 Å². The third-order valence-corrected chi connectivity index (χ3v) is 4.81. The third-order valence-electron chi connectivity index (χ3n) is 2.08. The molecule has 2 heterocycles. The fraction of sp³-hybridized carbons (Fsp3) is 0.500. The summed E-state index contributed by atoms with van der Waals surface area (Å²) in [4.78, 5) is 5.82. The van der Waals surface area contributed by atoms with Gasteiger partial charge in [-0.25, -0.2) is 0 Å². The van der Waals surface area contributed by atoms with E-state index in [0.717, 1.165) is 24.7 Å². The molecule has 0 radical (unpaired) electrons. The lowest BCUT2D eigenvalue weighted by Gasteiger charge is -2.04. The predicted octanol–water partition coefficient (Wildman–Crippen LogP) is 3.13. The Hall–Kier alpha value is -0.000000000000000111. The number of thiophene rings is 1. The molecule has 1 aromatic rings. The number of rotatable bonds is 3. The highest BCUT2D eigenvalue weighted by atomic mass is 79.9. The number of hydrogen-bond acceptors (Lipinski definition) is 4. The monoisotopic (exact) mass is 304 g/mol. The molecule has 0 saturated heterocycles. The average Bonchev–Trinajstić information content (AvgIpc) is 2.76. The van der Waals surface area contributed by atoms with Crippen LogP contribution in [0.4, 0.5) is 0 Å². The smallest absolute Gasteiger partial charge is 0.156 e. The zero-order valence-electron chi connectivity index (χ0n) is 8.50. The summed E-state index contributed by atoms with van der Waals surface area (Å²) in [7, 11) is 0. The summed E-state index contributed by atoms with van der Waals surface area (Å²) in [5, 5.41) is 5.13. The van der Waals surface area contributed by atoms with Crippen molar-refractivity contribution in [2.24, 2.45) is 4.99 Å². The quantitative estimate of drug-likeness (QED) is 0.928. The summed E-state index contributed by atoms with van der Waals surface area (Å²) in [6, 6.07) is 4.27. The minimum atomic E-state index is 0.642. The molecule has 1 unspecified atom stereocenters. The van der Waals surface area contributed by atoms with Crippen LogP contribution < -0.4 is 5.32 Å². The van der Waals surface area contributed by atoms with Crippen LogP contribution >= 0.6 is 39.0 Å². The molecule has 0 aromatic carbocycles. The van der Waals surface area contributed by atoms with Gasteiger partial charge in [-0.2, -0.15) is 0 Å². The number of thioether (sulfide) groups is 1. The summed E-state index contributed by atoms with van der Waals surface area (Å²) in [6.45, 7) is 4.14. The standard InChI is InChI=1S/C10H13BrN2S2/c1-7-6-13-10(14-7)12-5-4-8-2-3-9(11)15-8/h2-3,7H,4-6H2,1H3,(H,12,13). The number of halogens is 1. The first-order valence-electron chi connectivity index (χ1n) is 4.93. The second-order valence-electron chi connectivity index (χ2n) is 3.46. The van der Waals surface area contributed by atoms with E-state index in [1.807, 2.05) is 11.8 Å². The summed E-state index contributed by atoms with van der Waals surface area (Å²) in [5.41, 5.74) is 0. The lowest BCUT2D eigenvalue weighted by molar-refractivity contribution is 0.880. The van der Waals surface area contributed by atoms with Crippen molar-refractivity contribution in [2.75, 3.05) is 13.1 Å². The minimum absolute atomic E-state index is 0.642. The van der Waals surface area contributed by atoms with Crippen molar-refractivity contribution in [3.63, 3.8) is 0 Å². The highest BCUT2D eigenvalue weighted by Gasteiger charge is 2.13. The van der Waals surface area contributed by atoms with Crippen LogP contribution in [0.2, 0.25) is 0 Å². The molecule has 1 atom stereocenters. The fourth-order valence-corrected chi connectivity index (χ4v) is 3.70. The molecule has 15 heavy (non-hydrogen) atoms. The molecule has 0 fully saturated rings. The normalized spacial score (nSPS) is 20.4. The van der Waals surface area contributed by atoms with Crippen LogP contribution in [-0.2, 0) is 6.42 Å². The molecular formula is C10H13BrN2S2. The summed E-state index contributed by atoms with van der Waals surface area (Å²) >= 11 is 7.11. The first-order chi connectivity index (χ1) is 7.24. The summed E-state index contributed by atoms with van der Waals surface area (Å²) in [5.74, 6) is 0. The Bertz CT molecular complexity index is 362. The number of nitrogens with zero attached hydrogens (tertiary/aromatic N) is 1. The fourth-order valence-electron chi connectivity index (χ4n) is 1.35. The Balaban J connectivity index is 1.71. The second kappa shape index (κ2) is 5.37. The van der Waals surface area contributed by atoms with E-state index in [4.69, 9.17) is 0 Å². The summed E-state index contributed by atoms with van der Waals surface area (Å²) in [6.07, 6.45) is 1.07. The van der Waals surface area contributed by atoms with Gasteiger partial charge < -0.3 is 5.32 Å². The molecular weight excluding hydrogens is 292 g/mol. The van der Waals surface area contributed by atoms with E-state index in [0.29, 0.717) is 5.25 Å². The van der Waals surface area contributed by atoms with E-state index < -0.39 is 0 Å². The predicted molar refractivity (Wildman–Crippen MR) is 73.1 cm³/mol. The lowest BCUT2D eigenvalue weighted by atomic mass is 10.3. The van der Waals surface area contributed by atoms with Gasteiger partial charge in [0.25, 0.3) is 0 Å². The Kier molecular flexibility index (Phi) is 4.11. The van der Waals surface area contributed by atoms with Gasteiger partial charge in [0.2, 0.25) is 0 Å². The number of aliphatic imine (C=N–C) groups is 1. The van der Waals surface area contributed by atoms with Gasteiger partial charge in [-0.3, -0.25) is 4.99 Å². The van der Waals surface area contributed by atoms with E-state index in [1.54, 1.807) is 11.3 Å². The molecule has 0 aliphatic carbocycles.